The summed E-state index contributed by atoms with van der Waals surface area (Å²) in [5.41, 5.74) is 2.49. The fourth-order valence-corrected chi connectivity index (χ4v) is 1.98. The zero-order chi connectivity index (χ0) is 12.4. The number of hydrogen-bond donors (Lipinski definition) is 1. The first kappa shape index (κ1) is 11.4. The minimum atomic E-state index is -0.170. The van der Waals surface area contributed by atoms with E-state index in [1.54, 1.807) is 18.5 Å². The third kappa shape index (κ3) is 2.57. The molecule has 1 aromatic carbocycles. The van der Waals surface area contributed by atoms with Gasteiger partial charge in [-0.25, -0.2) is 4.39 Å². The van der Waals surface area contributed by atoms with Crippen molar-refractivity contribution >= 4 is 0 Å². The molecule has 1 saturated carbocycles. The van der Waals surface area contributed by atoms with Gasteiger partial charge in [-0.3, -0.25) is 4.98 Å². The van der Waals surface area contributed by atoms with E-state index < -0.39 is 0 Å². The van der Waals surface area contributed by atoms with Gasteiger partial charge in [0.05, 0.1) is 0 Å². The fraction of sp³-hybridized carbons (Fsp3) is 0.267. The molecule has 1 aliphatic carbocycles. The Bertz CT molecular complexity index is 535. The average molecular weight is 242 g/mol. The molecule has 0 saturated heterocycles. The van der Waals surface area contributed by atoms with Crippen molar-refractivity contribution in [3.63, 3.8) is 0 Å². The molecular formula is C15H15FN2. The summed E-state index contributed by atoms with van der Waals surface area (Å²) in [4.78, 5) is 3.94. The monoisotopic (exact) mass is 242 g/mol. The first-order valence-corrected chi connectivity index (χ1v) is 6.25. The normalized spacial score (nSPS) is 14.7. The Morgan fingerprint density at radius 1 is 1.17 bits per heavy atom. The van der Waals surface area contributed by atoms with Crippen molar-refractivity contribution in [2.24, 2.45) is 0 Å². The SMILES string of the molecule is Fc1cc(CNC2CC2)ccc1-c1ccncc1. The topological polar surface area (TPSA) is 24.9 Å². The molecule has 1 aliphatic rings. The number of hydrogen-bond acceptors (Lipinski definition) is 2. The molecule has 1 fully saturated rings. The summed E-state index contributed by atoms with van der Waals surface area (Å²) in [7, 11) is 0. The number of pyridine rings is 1. The van der Waals surface area contributed by atoms with Gasteiger partial charge in [0.2, 0.25) is 0 Å². The summed E-state index contributed by atoms with van der Waals surface area (Å²) in [6, 6.07) is 9.72. The van der Waals surface area contributed by atoms with Crippen LogP contribution in [0.5, 0.6) is 0 Å². The van der Waals surface area contributed by atoms with Gasteiger partial charge in [0.1, 0.15) is 5.82 Å². The van der Waals surface area contributed by atoms with E-state index in [-0.39, 0.29) is 5.82 Å². The zero-order valence-corrected chi connectivity index (χ0v) is 10.1. The molecule has 0 bridgehead atoms. The molecule has 2 aromatic rings. The van der Waals surface area contributed by atoms with Crippen LogP contribution < -0.4 is 5.32 Å². The molecule has 0 unspecified atom stereocenters. The van der Waals surface area contributed by atoms with E-state index in [0.717, 1.165) is 17.7 Å². The number of nitrogens with one attached hydrogen (secondary N) is 1. The van der Waals surface area contributed by atoms with Gasteiger partial charge < -0.3 is 5.32 Å². The predicted octanol–water partition coefficient (Wildman–Crippen LogP) is 3.14. The summed E-state index contributed by atoms with van der Waals surface area (Å²) in [5.74, 6) is -0.170. The maximum absolute atomic E-state index is 14.0. The predicted molar refractivity (Wildman–Crippen MR) is 69.5 cm³/mol. The molecule has 3 rings (SSSR count). The molecule has 0 radical (unpaired) electrons. The van der Waals surface area contributed by atoms with Gasteiger partial charge >= 0.3 is 0 Å². The second kappa shape index (κ2) is 4.86. The molecule has 3 heteroatoms. The van der Waals surface area contributed by atoms with Crippen molar-refractivity contribution in [1.29, 1.82) is 0 Å². The Kier molecular flexibility index (Phi) is 3.07. The number of rotatable bonds is 4. The number of halogens is 1. The average Bonchev–Trinajstić information content (AvgIpc) is 3.21. The second-order valence-electron chi connectivity index (χ2n) is 4.71. The van der Waals surface area contributed by atoms with Crippen molar-refractivity contribution in [3.05, 3.63) is 54.1 Å². The van der Waals surface area contributed by atoms with Gasteiger partial charge in [-0.05, 0) is 42.2 Å². The molecule has 1 heterocycles. The van der Waals surface area contributed by atoms with Crippen LogP contribution in [0.15, 0.2) is 42.7 Å². The Hall–Kier alpha value is -1.74. The van der Waals surface area contributed by atoms with Crippen LogP contribution in [0, 0.1) is 5.82 Å². The summed E-state index contributed by atoms with van der Waals surface area (Å²) >= 11 is 0. The van der Waals surface area contributed by atoms with E-state index in [1.807, 2.05) is 24.3 Å². The van der Waals surface area contributed by atoms with Crippen LogP contribution in [0.2, 0.25) is 0 Å². The number of benzene rings is 1. The smallest absolute Gasteiger partial charge is 0.131 e. The summed E-state index contributed by atoms with van der Waals surface area (Å²) in [6.45, 7) is 0.748. The summed E-state index contributed by atoms with van der Waals surface area (Å²) in [6.07, 6.45) is 5.85. The third-order valence-corrected chi connectivity index (χ3v) is 3.20. The molecule has 92 valence electrons. The first-order chi connectivity index (χ1) is 8.83. The molecular weight excluding hydrogens is 227 g/mol. The molecule has 18 heavy (non-hydrogen) atoms. The highest BCUT2D eigenvalue weighted by atomic mass is 19.1. The molecule has 1 aromatic heterocycles. The minimum absolute atomic E-state index is 0.170. The number of nitrogens with zero attached hydrogens (tertiary/aromatic N) is 1. The van der Waals surface area contributed by atoms with Crippen molar-refractivity contribution in [1.82, 2.24) is 10.3 Å². The molecule has 0 atom stereocenters. The van der Waals surface area contributed by atoms with Gasteiger partial charge in [-0.15, -0.1) is 0 Å². The summed E-state index contributed by atoms with van der Waals surface area (Å²) in [5, 5.41) is 3.38. The lowest BCUT2D eigenvalue weighted by Gasteiger charge is -2.07. The van der Waals surface area contributed by atoms with Crippen molar-refractivity contribution in [3.8, 4) is 11.1 Å². The molecule has 2 nitrogen and oxygen atoms in total. The molecule has 1 N–H and O–H groups in total. The van der Waals surface area contributed by atoms with Gasteiger partial charge in [0.15, 0.2) is 0 Å². The van der Waals surface area contributed by atoms with Crippen molar-refractivity contribution in [2.75, 3.05) is 0 Å². The van der Waals surface area contributed by atoms with E-state index >= 15 is 0 Å². The Morgan fingerprint density at radius 3 is 2.61 bits per heavy atom. The lowest BCUT2D eigenvalue weighted by atomic mass is 10.0. The summed E-state index contributed by atoms with van der Waals surface area (Å²) < 4.78 is 14.0. The molecule has 0 aliphatic heterocycles. The molecule has 0 amide bonds. The van der Waals surface area contributed by atoms with Crippen molar-refractivity contribution < 1.29 is 4.39 Å². The van der Waals surface area contributed by atoms with Crippen LogP contribution in [0.1, 0.15) is 18.4 Å². The minimum Gasteiger partial charge on any atom is -0.310 e. The van der Waals surface area contributed by atoms with Crippen LogP contribution in [-0.4, -0.2) is 11.0 Å². The van der Waals surface area contributed by atoms with Crippen LogP contribution >= 0.6 is 0 Å². The Balaban J connectivity index is 1.80. The highest BCUT2D eigenvalue weighted by Crippen LogP contribution is 2.24. The highest BCUT2D eigenvalue weighted by molar-refractivity contribution is 5.63. The maximum atomic E-state index is 14.0. The van der Waals surface area contributed by atoms with Crippen LogP contribution in [-0.2, 0) is 6.54 Å². The number of aromatic nitrogens is 1. The van der Waals surface area contributed by atoms with Gasteiger partial charge in [0, 0.05) is 30.5 Å². The second-order valence-corrected chi connectivity index (χ2v) is 4.71. The van der Waals surface area contributed by atoms with E-state index in [9.17, 15) is 4.39 Å². The zero-order valence-electron chi connectivity index (χ0n) is 10.1. The van der Waals surface area contributed by atoms with Crippen molar-refractivity contribution in [2.45, 2.75) is 25.4 Å². The lowest BCUT2D eigenvalue weighted by molar-refractivity contribution is 0.623. The van der Waals surface area contributed by atoms with Crippen LogP contribution in [0.25, 0.3) is 11.1 Å². The maximum Gasteiger partial charge on any atom is 0.131 e. The van der Waals surface area contributed by atoms with E-state index in [0.29, 0.717) is 11.6 Å². The van der Waals surface area contributed by atoms with E-state index in [1.165, 1.54) is 12.8 Å². The third-order valence-electron chi connectivity index (χ3n) is 3.20. The van der Waals surface area contributed by atoms with E-state index in [4.69, 9.17) is 0 Å². The first-order valence-electron chi connectivity index (χ1n) is 6.25. The standard InChI is InChI=1S/C15H15FN2/c16-15-9-11(10-18-13-2-3-13)1-4-14(15)12-5-7-17-8-6-12/h1,4-9,13,18H,2-3,10H2. The van der Waals surface area contributed by atoms with Crippen LogP contribution in [0.3, 0.4) is 0 Å². The fourth-order valence-electron chi connectivity index (χ4n) is 1.98. The Labute approximate surface area is 106 Å². The lowest BCUT2D eigenvalue weighted by Crippen LogP contribution is -2.15. The van der Waals surface area contributed by atoms with Gasteiger partial charge in [-0.1, -0.05) is 12.1 Å². The van der Waals surface area contributed by atoms with E-state index in [2.05, 4.69) is 10.3 Å². The quantitative estimate of drug-likeness (QED) is 0.891. The van der Waals surface area contributed by atoms with Gasteiger partial charge in [0.25, 0.3) is 0 Å². The van der Waals surface area contributed by atoms with Gasteiger partial charge in [-0.2, -0.15) is 0 Å². The Morgan fingerprint density at radius 2 is 1.94 bits per heavy atom. The highest BCUT2D eigenvalue weighted by Gasteiger charge is 2.20. The largest absolute Gasteiger partial charge is 0.310 e. The van der Waals surface area contributed by atoms with Crippen LogP contribution in [0.4, 0.5) is 4.39 Å². The molecule has 0 spiro atoms.